The predicted octanol–water partition coefficient (Wildman–Crippen LogP) is 3.61. The summed E-state index contributed by atoms with van der Waals surface area (Å²) in [5, 5.41) is 9.03. The Morgan fingerprint density at radius 1 is 1.27 bits per heavy atom. The van der Waals surface area contributed by atoms with Crippen molar-refractivity contribution in [2.45, 2.75) is 17.3 Å². The number of hydrogen-bond donors (Lipinski definition) is 0. The average Bonchev–Trinajstić information content (AvgIpc) is 2.14. The monoisotopic (exact) mass is 265 g/mol. The van der Waals surface area contributed by atoms with Gasteiger partial charge in [0.15, 0.2) is 0 Å². The van der Waals surface area contributed by atoms with E-state index in [-0.39, 0.29) is 5.82 Å². The first-order valence-electron chi connectivity index (χ1n) is 4.81. The van der Waals surface area contributed by atoms with Crippen LogP contribution in [0.1, 0.15) is 5.56 Å². The Morgan fingerprint density at radius 3 is 2.20 bits per heavy atom. The van der Waals surface area contributed by atoms with Crippen LogP contribution in [0.25, 0.3) is 5.57 Å². The van der Waals surface area contributed by atoms with Crippen LogP contribution in [0, 0.1) is 17.1 Å². The molecule has 1 nitrogen and oxygen atoms in total. The van der Waals surface area contributed by atoms with Crippen LogP contribution in [0.2, 0.25) is 17.3 Å². The predicted molar refractivity (Wildman–Crippen MR) is 63.3 cm³/mol. The molecule has 0 atom stereocenters. The molecule has 0 N–H and O–H groups in total. The molecular weight excluding hydrogens is 250 g/mol. The molecule has 78 valence electrons. The topological polar surface area (TPSA) is 23.8 Å². The van der Waals surface area contributed by atoms with Gasteiger partial charge in [0.25, 0.3) is 0 Å². The maximum absolute atomic E-state index is 12.7. The number of rotatable bonds is 2. The van der Waals surface area contributed by atoms with E-state index >= 15 is 0 Å². The number of benzene rings is 1. The van der Waals surface area contributed by atoms with Crippen LogP contribution in [0.4, 0.5) is 4.39 Å². The Kier molecular flexibility index (Phi) is 3.70. The first-order chi connectivity index (χ1) is 6.92. The first-order valence-corrected chi connectivity index (χ1v) is 12.3. The van der Waals surface area contributed by atoms with Gasteiger partial charge < -0.3 is 0 Å². The van der Waals surface area contributed by atoms with E-state index in [9.17, 15) is 4.39 Å². The molecule has 15 heavy (non-hydrogen) atoms. The van der Waals surface area contributed by atoms with Gasteiger partial charge in [-0.05, 0) is 0 Å². The minimum atomic E-state index is -1.89. The summed E-state index contributed by atoms with van der Waals surface area (Å²) in [6.45, 7) is 0. The van der Waals surface area contributed by atoms with Crippen molar-refractivity contribution in [2.24, 2.45) is 0 Å². The second-order valence-electron chi connectivity index (χ2n) is 4.54. The van der Waals surface area contributed by atoms with Gasteiger partial charge in [0.2, 0.25) is 0 Å². The Balaban J connectivity index is 3.10. The normalized spacial score (nSPS) is 12.3. The molecule has 0 saturated carbocycles. The van der Waals surface area contributed by atoms with Crippen LogP contribution in [0.5, 0.6) is 0 Å². The molecule has 1 aromatic carbocycles. The molecule has 0 saturated heterocycles. The van der Waals surface area contributed by atoms with Gasteiger partial charge >= 0.3 is 92.4 Å². The van der Waals surface area contributed by atoms with E-state index in [0.717, 1.165) is 5.56 Å². The number of halogens is 1. The Hall–Kier alpha value is -1.08. The summed E-state index contributed by atoms with van der Waals surface area (Å²) in [7, 11) is 0. The third-order valence-electron chi connectivity index (χ3n) is 1.85. The van der Waals surface area contributed by atoms with E-state index in [1.807, 2.05) is 0 Å². The van der Waals surface area contributed by atoms with E-state index in [4.69, 9.17) is 5.26 Å². The van der Waals surface area contributed by atoms with Crippen LogP contribution in [0.15, 0.2) is 29.2 Å². The van der Waals surface area contributed by atoms with Gasteiger partial charge in [0.05, 0.1) is 0 Å². The van der Waals surface area contributed by atoms with Crippen molar-refractivity contribution >= 4 is 18.8 Å². The third-order valence-corrected chi connectivity index (χ3v) is 4.28. The fraction of sp³-hybridized carbons (Fsp3) is 0.250. The second kappa shape index (κ2) is 4.63. The second-order valence-corrected chi connectivity index (χ2v) is 15.1. The zero-order chi connectivity index (χ0) is 11.5. The van der Waals surface area contributed by atoms with E-state index in [1.165, 1.54) is 12.1 Å². The molecule has 0 spiro atoms. The number of nitriles is 1. The van der Waals surface area contributed by atoms with Crippen LogP contribution in [-0.4, -0.2) is 13.3 Å². The summed E-state index contributed by atoms with van der Waals surface area (Å²) in [6.07, 6.45) is 0. The van der Waals surface area contributed by atoms with Gasteiger partial charge in [-0.15, -0.1) is 0 Å². The molecule has 1 aromatic rings. The van der Waals surface area contributed by atoms with E-state index in [0.29, 0.717) is 5.57 Å². The van der Waals surface area contributed by atoms with E-state index in [2.05, 4.69) is 28.2 Å². The minimum absolute atomic E-state index is 0.270. The van der Waals surface area contributed by atoms with Crippen LogP contribution < -0.4 is 0 Å². The molecule has 0 amide bonds. The molecule has 0 radical (unpaired) electrons. The summed E-state index contributed by atoms with van der Waals surface area (Å²) in [6, 6.07) is 8.25. The maximum atomic E-state index is 12.7. The van der Waals surface area contributed by atoms with Crippen molar-refractivity contribution in [1.82, 2.24) is 0 Å². The summed E-state index contributed by atoms with van der Waals surface area (Å²) >= 11 is -1.89. The molecule has 0 unspecified atom stereocenters. The van der Waals surface area contributed by atoms with Crippen molar-refractivity contribution in [3.05, 3.63) is 40.6 Å². The van der Waals surface area contributed by atoms with Crippen molar-refractivity contribution in [2.75, 3.05) is 0 Å². The third kappa shape index (κ3) is 3.88. The Morgan fingerprint density at radius 2 is 1.80 bits per heavy atom. The molecule has 0 aromatic heterocycles. The number of allylic oxidation sites excluding steroid dienone is 1. The van der Waals surface area contributed by atoms with E-state index in [1.54, 1.807) is 12.1 Å². The number of hydrogen-bond acceptors (Lipinski definition) is 1. The summed E-state index contributed by atoms with van der Waals surface area (Å²) in [5.74, 6) is 6.36. The van der Waals surface area contributed by atoms with Gasteiger partial charge in [-0.2, -0.15) is 0 Å². The standard InChI is InChI=1S/C12H14FGeN/c1-14(2,3)8-11(9-15)10-4-6-12(13)7-5-10/h4-8H,1-3H3/b11-8+. The van der Waals surface area contributed by atoms with Crippen LogP contribution in [-0.2, 0) is 0 Å². The molecule has 3 heteroatoms. The average molecular weight is 264 g/mol. The molecule has 0 fully saturated rings. The van der Waals surface area contributed by atoms with Gasteiger partial charge in [-0.1, -0.05) is 0 Å². The summed E-state index contributed by atoms with van der Waals surface area (Å²) < 4.78 is 12.7. The molecule has 0 aliphatic heterocycles. The quantitative estimate of drug-likeness (QED) is 0.591. The van der Waals surface area contributed by atoms with Crippen molar-refractivity contribution < 1.29 is 4.39 Å². The fourth-order valence-corrected chi connectivity index (χ4v) is 3.54. The molecule has 0 bridgehead atoms. The molecule has 0 aliphatic carbocycles. The molecular formula is C12H14FGeN. The van der Waals surface area contributed by atoms with Crippen LogP contribution in [0.3, 0.4) is 0 Å². The van der Waals surface area contributed by atoms with Gasteiger partial charge in [0.1, 0.15) is 0 Å². The van der Waals surface area contributed by atoms with Crippen LogP contribution >= 0.6 is 0 Å². The zero-order valence-electron chi connectivity index (χ0n) is 9.21. The SMILES string of the molecule is [CH3][Ge]([CH3])([CH3])/[CH]=C(\C#N)c1ccc(F)cc1. The Bertz CT molecular complexity index is 407. The van der Waals surface area contributed by atoms with E-state index < -0.39 is 13.3 Å². The van der Waals surface area contributed by atoms with Crippen molar-refractivity contribution in [1.29, 1.82) is 5.26 Å². The van der Waals surface area contributed by atoms with Gasteiger partial charge in [-0.3, -0.25) is 0 Å². The molecule has 0 heterocycles. The van der Waals surface area contributed by atoms with Crippen molar-refractivity contribution in [3.8, 4) is 6.07 Å². The van der Waals surface area contributed by atoms with Crippen molar-refractivity contribution in [3.63, 3.8) is 0 Å². The van der Waals surface area contributed by atoms with Gasteiger partial charge in [0, 0.05) is 0 Å². The summed E-state index contributed by atoms with van der Waals surface area (Å²) in [5.41, 5.74) is 1.47. The molecule has 1 rings (SSSR count). The molecule has 0 aliphatic rings. The first kappa shape index (κ1) is 12.0. The summed E-state index contributed by atoms with van der Waals surface area (Å²) in [4.78, 5) is 2.08. The number of nitrogens with zero attached hydrogens (tertiary/aromatic N) is 1. The van der Waals surface area contributed by atoms with Gasteiger partial charge in [-0.25, -0.2) is 0 Å². The fourth-order valence-electron chi connectivity index (χ4n) is 1.24. The zero-order valence-corrected chi connectivity index (χ0v) is 11.3. The Labute approximate surface area is 92.6 Å².